The SMILES string of the molecule is Cc1ccccc1CN1CCN(C(=O)c2c(Br)c(C)nn2C)CC1. The van der Waals surface area contributed by atoms with Crippen molar-refractivity contribution in [2.75, 3.05) is 26.2 Å². The van der Waals surface area contributed by atoms with Crippen molar-refractivity contribution in [1.29, 1.82) is 0 Å². The molecule has 1 saturated heterocycles. The number of hydrogen-bond donors (Lipinski definition) is 0. The molecule has 1 aliphatic heterocycles. The highest BCUT2D eigenvalue weighted by molar-refractivity contribution is 9.10. The number of carbonyl (C=O) groups is 1. The van der Waals surface area contributed by atoms with E-state index in [1.165, 1.54) is 11.1 Å². The Bertz CT molecular complexity index is 747. The molecule has 0 aliphatic carbocycles. The van der Waals surface area contributed by atoms with Crippen LogP contribution in [-0.2, 0) is 13.6 Å². The fraction of sp³-hybridized carbons (Fsp3) is 0.444. The van der Waals surface area contributed by atoms with E-state index in [2.05, 4.69) is 57.1 Å². The highest BCUT2D eigenvalue weighted by Crippen LogP contribution is 2.22. The summed E-state index contributed by atoms with van der Waals surface area (Å²) in [7, 11) is 1.82. The lowest BCUT2D eigenvalue weighted by molar-refractivity contribution is 0.0616. The van der Waals surface area contributed by atoms with Crippen LogP contribution in [0.4, 0.5) is 0 Å². The summed E-state index contributed by atoms with van der Waals surface area (Å²) in [5.74, 6) is 0.0560. The summed E-state index contributed by atoms with van der Waals surface area (Å²) in [6.07, 6.45) is 0. The van der Waals surface area contributed by atoms with Gasteiger partial charge in [0.2, 0.25) is 0 Å². The van der Waals surface area contributed by atoms with Gasteiger partial charge >= 0.3 is 0 Å². The third-order valence-electron chi connectivity index (χ3n) is 4.67. The monoisotopic (exact) mass is 390 g/mol. The number of carbonyl (C=O) groups excluding carboxylic acids is 1. The zero-order chi connectivity index (χ0) is 17.3. The summed E-state index contributed by atoms with van der Waals surface area (Å²) in [5, 5.41) is 4.32. The van der Waals surface area contributed by atoms with E-state index in [-0.39, 0.29) is 5.91 Å². The zero-order valence-electron chi connectivity index (χ0n) is 14.4. The quantitative estimate of drug-likeness (QED) is 0.808. The first-order valence-electron chi connectivity index (χ1n) is 8.22. The number of nitrogens with zero attached hydrogens (tertiary/aromatic N) is 4. The molecular weight excluding hydrogens is 368 g/mol. The first-order valence-corrected chi connectivity index (χ1v) is 9.02. The lowest BCUT2D eigenvalue weighted by Gasteiger charge is -2.35. The van der Waals surface area contributed by atoms with Crippen molar-refractivity contribution in [3.8, 4) is 0 Å². The van der Waals surface area contributed by atoms with Crippen LogP contribution in [0.15, 0.2) is 28.7 Å². The third kappa shape index (κ3) is 3.39. The summed E-state index contributed by atoms with van der Waals surface area (Å²) < 4.78 is 2.47. The minimum atomic E-state index is 0.0560. The molecule has 3 rings (SSSR count). The fourth-order valence-corrected chi connectivity index (χ4v) is 3.66. The predicted molar refractivity (Wildman–Crippen MR) is 98.0 cm³/mol. The molecule has 128 valence electrons. The van der Waals surface area contributed by atoms with Crippen molar-refractivity contribution in [2.24, 2.45) is 7.05 Å². The normalized spacial score (nSPS) is 15.8. The smallest absolute Gasteiger partial charge is 0.273 e. The second kappa shape index (κ2) is 7.07. The molecule has 1 aromatic heterocycles. The number of piperazine rings is 1. The molecule has 0 radical (unpaired) electrons. The standard InChI is InChI=1S/C18H23BrN4O/c1-13-6-4-5-7-15(13)12-22-8-10-23(11-9-22)18(24)17-16(19)14(2)20-21(17)3/h4-7H,8-12H2,1-3H3. The van der Waals surface area contributed by atoms with Gasteiger partial charge in [-0.3, -0.25) is 14.4 Å². The zero-order valence-corrected chi connectivity index (χ0v) is 16.0. The van der Waals surface area contributed by atoms with Crippen molar-refractivity contribution in [1.82, 2.24) is 19.6 Å². The lowest BCUT2D eigenvalue weighted by atomic mass is 10.1. The van der Waals surface area contributed by atoms with Gasteiger partial charge < -0.3 is 4.90 Å². The number of rotatable bonds is 3. The number of aromatic nitrogens is 2. The molecule has 2 heterocycles. The molecule has 0 spiro atoms. The Hall–Kier alpha value is -1.66. The van der Waals surface area contributed by atoms with Gasteiger partial charge in [0, 0.05) is 39.8 Å². The molecule has 1 aromatic carbocycles. The largest absolute Gasteiger partial charge is 0.335 e. The lowest BCUT2D eigenvalue weighted by Crippen LogP contribution is -2.48. The molecule has 1 aliphatic rings. The molecule has 24 heavy (non-hydrogen) atoms. The second-order valence-electron chi connectivity index (χ2n) is 6.37. The Labute approximate surface area is 151 Å². The van der Waals surface area contributed by atoms with Gasteiger partial charge in [-0.1, -0.05) is 24.3 Å². The first kappa shape index (κ1) is 17.2. The van der Waals surface area contributed by atoms with Crippen LogP contribution in [0, 0.1) is 13.8 Å². The van der Waals surface area contributed by atoms with Gasteiger partial charge in [0.15, 0.2) is 0 Å². The Morgan fingerprint density at radius 1 is 1.17 bits per heavy atom. The topological polar surface area (TPSA) is 41.4 Å². The van der Waals surface area contributed by atoms with E-state index in [9.17, 15) is 4.79 Å². The second-order valence-corrected chi connectivity index (χ2v) is 7.16. The van der Waals surface area contributed by atoms with Crippen molar-refractivity contribution < 1.29 is 4.79 Å². The molecular formula is C18H23BrN4O. The average Bonchev–Trinajstić information content (AvgIpc) is 2.82. The van der Waals surface area contributed by atoms with Gasteiger partial charge in [0.05, 0.1) is 10.2 Å². The van der Waals surface area contributed by atoms with E-state index >= 15 is 0 Å². The highest BCUT2D eigenvalue weighted by Gasteiger charge is 2.27. The molecule has 0 unspecified atom stereocenters. The Morgan fingerprint density at radius 2 is 1.83 bits per heavy atom. The van der Waals surface area contributed by atoms with Gasteiger partial charge in [0.25, 0.3) is 5.91 Å². The van der Waals surface area contributed by atoms with Crippen LogP contribution in [0.25, 0.3) is 0 Å². The van der Waals surface area contributed by atoms with E-state index in [0.29, 0.717) is 5.69 Å². The van der Waals surface area contributed by atoms with Crippen molar-refractivity contribution in [3.05, 3.63) is 51.3 Å². The van der Waals surface area contributed by atoms with Gasteiger partial charge in [-0.05, 0) is 40.9 Å². The molecule has 1 fully saturated rings. The highest BCUT2D eigenvalue weighted by atomic mass is 79.9. The van der Waals surface area contributed by atoms with E-state index in [1.807, 2.05) is 18.9 Å². The minimum Gasteiger partial charge on any atom is -0.335 e. The molecule has 1 amide bonds. The van der Waals surface area contributed by atoms with E-state index in [1.54, 1.807) is 4.68 Å². The molecule has 0 N–H and O–H groups in total. The van der Waals surface area contributed by atoms with Gasteiger partial charge in [-0.2, -0.15) is 5.10 Å². The Balaban J connectivity index is 1.63. The van der Waals surface area contributed by atoms with Crippen molar-refractivity contribution >= 4 is 21.8 Å². The first-order chi connectivity index (χ1) is 11.5. The van der Waals surface area contributed by atoms with Crippen LogP contribution < -0.4 is 0 Å². The summed E-state index contributed by atoms with van der Waals surface area (Å²) >= 11 is 3.49. The van der Waals surface area contributed by atoms with Gasteiger partial charge in [-0.15, -0.1) is 0 Å². The molecule has 2 aromatic rings. The maximum Gasteiger partial charge on any atom is 0.273 e. The number of benzene rings is 1. The maximum absolute atomic E-state index is 12.8. The summed E-state index contributed by atoms with van der Waals surface area (Å²) in [4.78, 5) is 17.1. The Kier molecular flexibility index (Phi) is 5.06. The van der Waals surface area contributed by atoms with Gasteiger partial charge in [-0.25, -0.2) is 0 Å². The predicted octanol–water partition coefficient (Wildman–Crippen LogP) is 2.76. The summed E-state index contributed by atoms with van der Waals surface area (Å²) in [6.45, 7) is 8.30. The van der Waals surface area contributed by atoms with Crippen LogP contribution in [0.1, 0.15) is 27.3 Å². The number of aryl methyl sites for hydroxylation is 3. The minimum absolute atomic E-state index is 0.0560. The van der Waals surface area contributed by atoms with E-state index in [0.717, 1.165) is 42.9 Å². The van der Waals surface area contributed by atoms with Gasteiger partial charge in [0.1, 0.15) is 5.69 Å². The van der Waals surface area contributed by atoms with Crippen LogP contribution >= 0.6 is 15.9 Å². The molecule has 5 nitrogen and oxygen atoms in total. The van der Waals surface area contributed by atoms with Crippen molar-refractivity contribution in [3.63, 3.8) is 0 Å². The molecule has 0 atom stereocenters. The van der Waals surface area contributed by atoms with Crippen LogP contribution in [0.2, 0.25) is 0 Å². The molecule has 0 saturated carbocycles. The fourth-order valence-electron chi connectivity index (χ4n) is 3.15. The third-order valence-corrected chi connectivity index (χ3v) is 5.62. The Morgan fingerprint density at radius 3 is 2.42 bits per heavy atom. The summed E-state index contributed by atoms with van der Waals surface area (Å²) in [5.41, 5.74) is 4.17. The summed E-state index contributed by atoms with van der Waals surface area (Å²) in [6, 6.07) is 8.49. The number of amides is 1. The van der Waals surface area contributed by atoms with E-state index < -0.39 is 0 Å². The van der Waals surface area contributed by atoms with Crippen molar-refractivity contribution in [2.45, 2.75) is 20.4 Å². The van der Waals surface area contributed by atoms with Crippen LogP contribution in [-0.4, -0.2) is 51.7 Å². The average molecular weight is 391 g/mol. The maximum atomic E-state index is 12.8. The molecule has 0 bridgehead atoms. The van der Waals surface area contributed by atoms with E-state index in [4.69, 9.17) is 0 Å². The van der Waals surface area contributed by atoms with Crippen LogP contribution in [0.5, 0.6) is 0 Å². The number of halogens is 1. The number of hydrogen-bond acceptors (Lipinski definition) is 3. The molecule has 6 heteroatoms. The van der Waals surface area contributed by atoms with Crippen LogP contribution in [0.3, 0.4) is 0 Å².